The van der Waals surface area contributed by atoms with Crippen LogP contribution in [0.4, 0.5) is 34.1 Å². The number of anilines is 6. The van der Waals surface area contributed by atoms with Crippen LogP contribution in [0, 0.1) is 0 Å². The first kappa shape index (κ1) is 59.5. The van der Waals surface area contributed by atoms with Crippen LogP contribution in [0.25, 0.3) is 22.3 Å². The number of rotatable bonds is 8. The van der Waals surface area contributed by atoms with Crippen LogP contribution in [0.2, 0.25) is 0 Å². The molecule has 16 aromatic rings. The maximum absolute atomic E-state index is 7.72. The standard InChI is InChI=1S/C99H64B2N2O2/c1-7-31-65(32-8-1)97(66-33-9-2-10-34-66)77-43-19-25-49-87(77)102(88-50-26-20-44-78(88)97)71-55-57-75-73(63-71)93-81(59-61-85-95(93)104-91-53-29-23-47-83(91)100(85)69-39-15-5-16-40-69)99(75)76-58-56-72(64-74(76)94-82(99)60-62-86-96(94)105-92-54-30-24-48-84(92)101(86)70-41-17-6-18-42-70)103-89-51-27-21-45-79(89)98(67-35-11-3-12-36-67,68-37-13-4-14-38-68)80-46-22-28-52-90(80)103/h1-64H. The summed E-state index contributed by atoms with van der Waals surface area (Å²) in [6.45, 7) is -0.216. The summed E-state index contributed by atoms with van der Waals surface area (Å²) in [5, 5.41) is 0. The average Bonchev–Trinajstić information content (AvgIpc) is 1.55. The topological polar surface area (TPSA) is 24.9 Å². The lowest BCUT2D eigenvalue weighted by atomic mass is 9.35. The molecule has 0 aromatic heterocycles. The van der Waals surface area contributed by atoms with Crippen LogP contribution in [0.15, 0.2) is 388 Å². The van der Waals surface area contributed by atoms with Crippen molar-refractivity contribution in [3.63, 3.8) is 0 Å². The van der Waals surface area contributed by atoms with Gasteiger partial charge >= 0.3 is 0 Å². The van der Waals surface area contributed by atoms with Gasteiger partial charge in [-0.15, -0.1) is 0 Å². The number of fused-ring (bicyclic) bond motifs is 20. The van der Waals surface area contributed by atoms with Crippen LogP contribution in [-0.4, -0.2) is 13.4 Å². The molecule has 0 amide bonds. The Kier molecular flexibility index (Phi) is 13.0. The third-order valence-electron chi connectivity index (χ3n) is 23.8. The van der Waals surface area contributed by atoms with Gasteiger partial charge in [-0.05, 0) is 160 Å². The van der Waals surface area contributed by atoms with Crippen molar-refractivity contribution in [3.05, 3.63) is 455 Å². The molecule has 1 spiro atoms. The first-order chi connectivity index (χ1) is 52.1. The van der Waals surface area contributed by atoms with Gasteiger partial charge in [0.15, 0.2) is 0 Å². The van der Waals surface area contributed by atoms with Gasteiger partial charge in [0.25, 0.3) is 13.4 Å². The van der Waals surface area contributed by atoms with Crippen LogP contribution >= 0.6 is 0 Å². The normalized spacial score (nSPS) is 14.8. The number of benzene rings is 16. The minimum absolute atomic E-state index is 0.108. The Labute approximate surface area is 612 Å². The maximum Gasteiger partial charge on any atom is 0.250 e. The molecule has 0 atom stereocenters. The van der Waals surface area contributed by atoms with Gasteiger partial charge in [0, 0.05) is 22.5 Å². The Morgan fingerprint density at radius 1 is 0.219 bits per heavy atom. The van der Waals surface area contributed by atoms with Crippen molar-refractivity contribution >= 4 is 80.3 Å². The average molecular weight is 1340 g/mol. The smallest absolute Gasteiger partial charge is 0.250 e. The van der Waals surface area contributed by atoms with E-state index in [1.807, 2.05) is 0 Å². The molecule has 4 heterocycles. The first-order valence-corrected chi connectivity index (χ1v) is 36.6. The quantitative estimate of drug-likeness (QED) is 0.142. The van der Waals surface area contributed by atoms with Crippen LogP contribution in [0.5, 0.6) is 23.0 Å². The van der Waals surface area contributed by atoms with Gasteiger partial charge in [-0.3, -0.25) is 0 Å². The summed E-state index contributed by atoms with van der Waals surface area (Å²) in [6, 6.07) is 145. The highest BCUT2D eigenvalue weighted by Crippen LogP contribution is 2.68. The van der Waals surface area contributed by atoms with E-state index in [2.05, 4.69) is 398 Å². The molecule has 6 heteroatoms. The Morgan fingerprint density at radius 2 is 0.505 bits per heavy atom. The van der Waals surface area contributed by atoms with Crippen molar-refractivity contribution < 1.29 is 9.47 Å². The van der Waals surface area contributed by atoms with Crippen molar-refractivity contribution in [3.8, 4) is 45.3 Å². The van der Waals surface area contributed by atoms with Crippen molar-refractivity contribution in [2.75, 3.05) is 9.80 Å². The Morgan fingerprint density at radius 3 is 0.848 bits per heavy atom. The summed E-state index contributed by atoms with van der Waals surface area (Å²) in [7, 11) is 0. The van der Waals surface area contributed by atoms with E-state index in [4.69, 9.17) is 9.47 Å². The summed E-state index contributed by atoms with van der Waals surface area (Å²) in [5.41, 5.74) is 30.2. The molecule has 16 aromatic carbocycles. The molecule has 6 aliphatic rings. The van der Waals surface area contributed by atoms with Crippen molar-refractivity contribution in [1.82, 2.24) is 0 Å². The zero-order chi connectivity index (χ0) is 69.0. The van der Waals surface area contributed by atoms with Crippen LogP contribution < -0.4 is 52.1 Å². The lowest BCUT2D eigenvalue weighted by molar-refractivity contribution is 0.488. The van der Waals surface area contributed by atoms with Crippen molar-refractivity contribution in [2.45, 2.75) is 16.2 Å². The molecule has 22 rings (SSSR count). The van der Waals surface area contributed by atoms with Crippen LogP contribution in [-0.2, 0) is 16.2 Å². The van der Waals surface area contributed by atoms with E-state index in [9.17, 15) is 0 Å². The van der Waals surface area contributed by atoms with E-state index in [0.29, 0.717) is 0 Å². The minimum atomic E-state index is -0.900. The molecular weight excluding hydrogens is 1270 g/mol. The molecule has 0 fully saturated rings. The third-order valence-corrected chi connectivity index (χ3v) is 23.8. The molecule has 0 saturated heterocycles. The summed E-state index contributed by atoms with van der Waals surface area (Å²) < 4.78 is 15.4. The van der Waals surface area contributed by atoms with Crippen LogP contribution in [0.1, 0.15) is 66.8 Å². The fourth-order valence-corrected chi connectivity index (χ4v) is 19.9. The lowest BCUT2D eigenvalue weighted by Crippen LogP contribution is -2.55. The first-order valence-electron chi connectivity index (χ1n) is 36.6. The monoisotopic (exact) mass is 1330 g/mol. The van der Waals surface area contributed by atoms with E-state index in [1.54, 1.807) is 0 Å². The van der Waals surface area contributed by atoms with E-state index < -0.39 is 16.2 Å². The van der Waals surface area contributed by atoms with Gasteiger partial charge in [0.2, 0.25) is 0 Å². The second kappa shape index (κ2) is 22.9. The molecule has 4 nitrogen and oxygen atoms in total. The number of ether oxygens (including phenoxy) is 2. The van der Waals surface area contributed by atoms with E-state index in [-0.39, 0.29) is 13.4 Å². The van der Waals surface area contributed by atoms with Gasteiger partial charge < -0.3 is 19.3 Å². The number of hydrogen-bond acceptors (Lipinski definition) is 4. The zero-order valence-electron chi connectivity index (χ0n) is 57.3. The second-order valence-electron chi connectivity index (χ2n) is 28.7. The largest absolute Gasteiger partial charge is 0.458 e. The Hall–Kier alpha value is -13.2. The summed E-state index contributed by atoms with van der Waals surface area (Å²) in [4.78, 5) is 5.07. The number of nitrogens with zero attached hydrogens (tertiary/aromatic N) is 2. The van der Waals surface area contributed by atoms with Gasteiger partial charge in [-0.2, -0.15) is 0 Å². The summed E-state index contributed by atoms with van der Waals surface area (Å²) in [6.07, 6.45) is 0. The van der Waals surface area contributed by atoms with E-state index in [0.717, 1.165) is 101 Å². The van der Waals surface area contributed by atoms with Gasteiger partial charge in [-0.1, -0.05) is 339 Å². The predicted molar refractivity (Wildman–Crippen MR) is 431 cm³/mol. The second-order valence-corrected chi connectivity index (χ2v) is 28.7. The third kappa shape index (κ3) is 8.14. The lowest BCUT2D eigenvalue weighted by Gasteiger charge is -2.46. The summed E-state index contributed by atoms with van der Waals surface area (Å²) >= 11 is 0. The van der Waals surface area contributed by atoms with Crippen molar-refractivity contribution in [1.29, 1.82) is 0 Å². The molecule has 105 heavy (non-hydrogen) atoms. The fourth-order valence-electron chi connectivity index (χ4n) is 19.9. The minimum Gasteiger partial charge on any atom is -0.458 e. The summed E-state index contributed by atoms with van der Waals surface area (Å²) in [5.74, 6) is 3.47. The highest BCUT2D eigenvalue weighted by Gasteiger charge is 2.57. The molecule has 0 radical (unpaired) electrons. The molecule has 488 valence electrons. The molecule has 0 N–H and O–H groups in total. The number of hydrogen-bond donors (Lipinski definition) is 0. The van der Waals surface area contributed by atoms with Crippen molar-refractivity contribution in [2.24, 2.45) is 0 Å². The Balaban J connectivity index is 0.834. The molecule has 0 unspecified atom stereocenters. The highest BCUT2D eigenvalue weighted by atomic mass is 16.5. The fraction of sp³-hybridized carbons (Fsp3) is 0.0303. The van der Waals surface area contributed by atoms with Gasteiger partial charge in [0.1, 0.15) is 23.0 Å². The van der Waals surface area contributed by atoms with E-state index >= 15 is 0 Å². The van der Waals surface area contributed by atoms with Gasteiger partial charge in [-0.25, -0.2) is 0 Å². The van der Waals surface area contributed by atoms with Crippen LogP contribution in [0.3, 0.4) is 0 Å². The number of para-hydroxylation sites is 6. The molecule has 0 saturated carbocycles. The van der Waals surface area contributed by atoms with E-state index in [1.165, 1.54) is 77.7 Å². The Bertz CT molecular complexity index is 5650. The molecule has 4 aliphatic heterocycles. The van der Waals surface area contributed by atoms with Gasteiger partial charge in [0.05, 0.1) is 39.0 Å². The highest BCUT2D eigenvalue weighted by molar-refractivity contribution is 6.97. The maximum atomic E-state index is 7.72. The molecule has 2 aliphatic carbocycles. The predicted octanol–water partition coefficient (Wildman–Crippen LogP) is 19.6. The SMILES string of the molecule is c1ccc(B2c3ccccc3Oc3c2ccc2c3-c3cc(N4c5ccccc5C(c5ccccc5)(c5ccccc5)c5ccccc54)ccc3C23c2ccc(N4c5ccccc5C(c5ccccc5)(c5ccccc5)c5ccccc54)cc2-c2c3ccc3c2Oc2ccccc2B3c2ccccc2)cc1. The molecular formula is C99H64B2N2O2. The zero-order valence-corrected chi connectivity index (χ0v) is 57.3. The molecule has 0 bridgehead atoms.